The molecule has 2 amide bonds. The highest BCUT2D eigenvalue weighted by molar-refractivity contribution is 5.92. The van der Waals surface area contributed by atoms with Gasteiger partial charge in [-0.3, -0.25) is 4.79 Å². The molecule has 0 radical (unpaired) electrons. The predicted octanol–water partition coefficient (Wildman–Crippen LogP) is 0.660. The minimum Gasteiger partial charge on any atom is -0.444 e. The van der Waals surface area contributed by atoms with E-state index in [1.165, 1.54) is 0 Å². The Morgan fingerprint density at radius 1 is 1.56 bits per heavy atom. The van der Waals surface area contributed by atoms with E-state index in [2.05, 4.69) is 10.6 Å². The van der Waals surface area contributed by atoms with Crippen molar-refractivity contribution in [2.24, 2.45) is 0 Å². The zero-order chi connectivity index (χ0) is 12.7. The van der Waals surface area contributed by atoms with Crippen molar-refractivity contribution >= 4 is 12.0 Å². The average Bonchev–Trinajstić information content (AvgIpc) is 2.99. The summed E-state index contributed by atoms with van der Waals surface area (Å²) in [6.45, 7) is 0. The van der Waals surface area contributed by atoms with Gasteiger partial charge in [-0.05, 0) is 18.6 Å². The summed E-state index contributed by atoms with van der Waals surface area (Å²) >= 11 is 0. The van der Waals surface area contributed by atoms with Gasteiger partial charge in [-0.15, -0.1) is 0 Å². The summed E-state index contributed by atoms with van der Waals surface area (Å²) in [6.07, 6.45) is 3.06. The predicted molar refractivity (Wildman–Crippen MR) is 63.3 cm³/mol. The Hall–Kier alpha value is -1.98. The molecule has 2 N–H and O–H groups in total. The van der Waals surface area contributed by atoms with E-state index in [4.69, 9.17) is 4.74 Å². The molecule has 3 rings (SSSR count). The van der Waals surface area contributed by atoms with Crippen molar-refractivity contribution in [1.29, 1.82) is 0 Å². The van der Waals surface area contributed by atoms with Gasteiger partial charge >= 0.3 is 6.09 Å². The number of amides is 2. The van der Waals surface area contributed by atoms with E-state index >= 15 is 0 Å². The topological polar surface area (TPSA) is 72.4 Å². The minimum atomic E-state index is -0.331. The van der Waals surface area contributed by atoms with Crippen molar-refractivity contribution in [3.05, 3.63) is 24.0 Å². The SMILES string of the molecule is CNC(=O)c1cccn1[C@H]1C[C@@H]2NC(=O)O[C@@H]2C1. The Bertz CT molecular complexity index is 481. The third-order valence-corrected chi connectivity index (χ3v) is 3.67. The average molecular weight is 249 g/mol. The highest BCUT2D eigenvalue weighted by Crippen LogP contribution is 2.35. The molecule has 96 valence electrons. The summed E-state index contributed by atoms with van der Waals surface area (Å²) in [5.41, 5.74) is 0.647. The first-order valence-electron chi connectivity index (χ1n) is 6.05. The fraction of sp³-hybridized carbons (Fsp3) is 0.500. The molecule has 2 heterocycles. The number of ether oxygens (including phenoxy) is 1. The number of hydrogen-bond donors (Lipinski definition) is 2. The van der Waals surface area contributed by atoms with Crippen molar-refractivity contribution in [2.45, 2.75) is 31.0 Å². The molecule has 0 aromatic carbocycles. The second-order valence-electron chi connectivity index (χ2n) is 4.70. The van der Waals surface area contributed by atoms with Crippen LogP contribution in [0.4, 0.5) is 4.79 Å². The molecule has 1 saturated carbocycles. The highest BCUT2D eigenvalue weighted by atomic mass is 16.6. The maximum absolute atomic E-state index is 11.7. The van der Waals surface area contributed by atoms with E-state index < -0.39 is 0 Å². The van der Waals surface area contributed by atoms with Crippen LogP contribution in [0, 0.1) is 0 Å². The van der Waals surface area contributed by atoms with Gasteiger partial charge in [0.05, 0.1) is 6.04 Å². The first-order valence-corrected chi connectivity index (χ1v) is 6.05. The van der Waals surface area contributed by atoms with Crippen LogP contribution in [0.25, 0.3) is 0 Å². The van der Waals surface area contributed by atoms with Crippen LogP contribution in [0.2, 0.25) is 0 Å². The molecule has 18 heavy (non-hydrogen) atoms. The third kappa shape index (κ3) is 1.64. The van der Waals surface area contributed by atoms with Crippen molar-refractivity contribution < 1.29 is 14.3 Å². The molecule has 6 heteroatoms. The van der Waals surface area contributed by atoms with Crippen LogP contribution in [0.5, 0.6) is 0 Å². The first-order chi connectivity index (χ1) is 8.69. The largest absolute Gasteiger partial charge is 0.444 e. The maximum Gasteiger partial charge on any atom is 0.407 e. The number of fused-ring (bicyclic) bond motifs is 1. The van der Waals surface area contributed by atoms with Crippen LogP contribution in [0.15, 0.2) is 18.3 Å². The van der Waals surface area contributed by atoms with E-state index in [1.807, 2.05) is 16.8 Å². The second kappa shape index (κ2) is 4.04. The third-order valence-electron chi connectivity index (χ3n) is 3.67. The number of rotatable bonds is 2. The van der Waals surface area contributed by atoms with Gasteiger partial charge in [0.2, 0.25) is 0 Å². The molecule has 1 saturated heterocycles. The Balaban J connectivity index is 1.80. The van der Waals surface area contributed by atoms with Crippen molar-refractivity contribution in [3.63, 3.8) is 0 Å². The van der Waals surface area contributed by atoms with E-state index in [0.717, 1.165) is 12.8 Å². The molecule has 1 aromatic heterocycles. The van der Waals surface area contributed by atoms with E-state index in [-0.39, 0.29) is 30.2 Å². The van der Waals surface area contributed by atoms with Gasteiger partial charge in [-0.25, -0.2) is 4.79 Å². The maximum atomic E-state index is 11.7. The van der Waals surface area contributed by atoms with Crippen molar-refractivity contribution in [1.82, 2.24) is 15.2 Å². The van der Waals surface area contributed by atoms with Crippen LogP contribution in [-0.4, -0.2) is 35.8 Å². The lowest BCUT2D eigenvalue weighted by Crippen LogP contribution is -2.27. The van der Waals surface area contributed by atoms with Gasteiger partial charge in [0.15, 0.2) is 0 Å². The zero-order valence-corrected chi connectivity index (χ0v) is 10.1. The summed E-state index contributed by atoms with van der Waals surface area (Å²) in [5.74, 6) is -0.0954. The van der Waals surface area contributed by atoms with Crippen LogP contribution in [0.1, 0.15) is 29.4 Å². The fourth-order valence-corrected chi connectivity index (χ4v) is 2.84. The molecule has 3 atom stereocenters. The normalized spacial score (nSPS) is 29.6. The number of carbonyl (C=O) groups excluding carboxylic acids is 2. The summed E-state index contributed by atoms with van der Waals surface area (Å²) in [4.78, 5) is 22.8. The molecule has 2 fully saturated rings. The number of nitrogens with zero attached hydrogens (tertiary/aromatic N) is 1. The lowest BCUT2D eigenvalue weighted by molar-refractivity contribution is 0.0949. The molecule has 0 unspecified atom stereocenters. The molecule has 1 aliphatic carbocycles. The molecule has 6 nitrogen and oxygen atoms in total. The van der Waals surface area contributed by atoms with Gasteiger partial charge < -0.3 is 19.9 Å². The quantitative estimate of drug-likeness (QED) is 0.808. The zero-order valence-electron chi connectivity index (χ0n) is 10.1. The number of nitrogens with one attached hydrogen (secondary N) is 2. The molecule has 0 bridgehead atoms. The smallest absolute Gasteiger partial charge is 0.407 e. The highest BCUT2D eigenvalue weighted by Gasteiger charge is 2.43. The molecule has 1 aliphatic heterocycles. The monoisotopic (exact) mass is 249 g/mol. The van der Waals surface area contributed by atoms with Gasteiger partial charge in [-0.1, -0.05) is 0 Å². The standard InChI is InChI=1S/C12H15N3O3/c1-13-11(16)9-3-2-4-15(9)7-5-8-10(6-7)18-12(17)14-8/h2-4,7-8,10H,5-6H2,1H3,(H,13,16)(H,14,17)/t7-,8-,10+/m0/s1. The lowest BCUT2D eigenvalue weighted by Gasteiger charge is -2.16. The van der Waals surface area contributed by atoms with E-state index in [1.54, 1.807) is 13.1 Å². The van der Waals surface area contributed by atoms with Gasteiger partial charge in [0, 0.05) is 25.7 Å². The Labute approximate surface area is 104 Å². The molecule has 2 aliphatic rings. The van der Waals surface area contributed by atoms with Gasteiger partial charge in [-0.2, -0.15) is 0 Å². The fourth-order valence-electron chi connectivity index (χ4n) is 2.84. The minimum absolute atomic E-state index is 0.0672. The lowest BCUT2D eigenvalue weighted by atomic mass is 10.2. The molecular weight excluding hydrogens is 234 g/mol. The van der Waals surface area contributed by atoms with Gasteiger partial charge in [0.25, 0.3) is 5.91 Å². The molecular formula is C12H15N3O3. The second-order valence-corrected chi connectivity index (χ2v) is 4.70. The van der Waals surface area contributed by atoms with Crippen LogP contribution in [-0.2, 0) is 4.74 Å². The number of aromatic nitrogens is 1. The van der Waals surface area contributed by atoms with E-state index in [9.17, 15) is 9.59 Å². The Kier molecular flexibility index (Phi) is 2.50. The first kappa shape index (κ1) is 11.1. The van der Waals surface area contributed by atoms with Crippen LogP contribution < -0.4 is 10.6 Å². The van der Waals surface area contributed by atoms with Gasteiger partial charge in [0.1, 0.15) is 11.8 Å². The van der Waals surface area contributed by atoms with Crippen molar-refractivity contribution in [2.75, 3.05) is 7.05 Å². The van der Waals surface area contributed by atoms with Crippen LogP contribution in [0.3, 0.4) is 0 Å². The van der Waals surface area contributed by atoms with E-state index in [0.29, 0.717) is 5.69 Å². The Morgan fingerprint density at radius 2 is 2.39 bits per heavy atom. The number of carbonyl (C=O) groups is 2. The summed E-state index contributed by atoms with van der Waals surface area (Å²) in [7, 11) is 1.62. The van der Waals surface area contributed by atoms with Crippen molar-refractivity contribution in [3.8, 4) is 0 Å². The number of hydrogen-bond acceptors (Lipinski definition) is 3. The Morgan fingerprint density at radius 3 is 3.11 bits per heavy atom. The van der Waals surface area contributed by atoms with Crippen LogP contribution >= 0.6 is 0 Å². The summed E-state index contributed by atoms with van der Waals surface area (Å²) in [6, 6.07) is 3.93. The molecule has 0 spiro atoms. The number of alkyl carbamates (subject to hydrolysis) is 1. The summed E-state index contributed by atoms with van der Waals surface area (Å²) in [5, 5.41) is 5.42. The molecule has 1 aromatic rings. The summed E-state index contributed by atoms with van der Waals surface area (Å²) < 4.78 is 7.14.